The number of nitrogens with zero attached hydrogens (tertiary/aromatic N) is 3. The zero-order valence-corrected chi connectivity index (χ0v) is 13.6. The molecule has 0 amide bonds. The van der Waals surface area contributed by atoms with E-state index in [4.69, 9.17) is 5.73 Å². The standard InChI is InChI=1S/C19H15FN4O2/c20-14-8-4-5-9-16(14)24-12-17(25)19(26)18(23-24)15(10-11-21)22-13-6-2-1-3-7-13/h1-12,25H,21H2. The summed E-state index contributed by atoms with van der Waals surface area (Å²) in [6.45, 7) is 0. The van der Waals surface area contributed by atoms with Crippen molar-refractivity contribution < 1.29 is 9.50 Å². The van der Waals surface area contributed by atoms with Crippen molar-refractivity contribution in [3.8, 4) is 11.4 Å². The van der Waals surface area contributed by atoms with Crippen molar-refractivity contribution in [3.05, 3.63) is 94.8 Å². The van der Waals surface area contributed by atoms with E-state index in [0.717, 1.165) is 10.9 Å². The Morgan fingerprint density at radius 2 is 1.85 bits per heavy atom. The minimum atomic E-state index is -0.731. The lowest BCUT2D eigenvalue weighted by molar-refractivity contribution is 0.460. The van der Waals surface area contributed by atoms with Crippen molar-refractivity contribution in [2.75, 3.05) is 0 Å². The zero-order valence-electron chi connectivity index (χ0n) is 13.6. The molecule has 7 heteroatoms. The Bertz CT molecular complexity index is 1040. The summed E-state index contributed by atoms with van der Waals surface area (Å²) < 4.78 is 15.1. The lowest BCUT2D eigenvalue weighted by atomic mass is 10.2. The van der Waals surface area contributed by atoms with Crippen LogP contribution in [0.2, 0.25) is 0 Å². The summed E-state index contributed by atoms with van der Waals surface area (Å²) in [5, 5.41) is 14.2. The van der Waals surface area contributed by atoms with Crippen LogP contribution in [0.4, 0.5) is 10.1 Å². The molecule has 3 rings (SSSR count). The third-order valence-electron chi connectivity index (χ3n) is 3.50. The number of aliphatic imine (C=N–C) groups is 1. The fourth-order valence-corrected chi connectivity index (χ4v) is 2.31. The maximum Gasteiger partial charge on any atom is 0.251 e. The number of aromatic hydroxyl groups is 1. The molecule has 2 aromatic carbocycles. The maximum absolute atomic E-state index is 14.1. The molecule has 0 radical (unpaired) electrons. The fourth-order valence-electron chi connectivity index (χ4n) is 2.31. The van der Waals surface area contributed by atoms with E-state index < -0.39 is 17.0 Å². The Labute approximate surface area is 148 Å². The van der Waals surface area contributed by atoms with Crippen LogP contribution in [0, 0.1) is 5.82 Å². The topological polar surface area (TPSA) is 93.5 Å². The van der Waals surface area contributed by atoms with Gasteiger partial charge < -0.3 is 10.8 Å². The molecule has 130 valence electrons. The van der Waals surface area contributed by atoms with Crippen LogP contribution in [0.1, 0.15) is 5.69 Å². The average Bonchev–Trinajstić information content (AvgIpc) is 2.65. The number of nitrogens with two attached hydrogens (primary N) is 1. The van der Waals surface area contributed by atoms with E-state index in [0.29, 0.717) is 5.69 Å². The second-order valence-electron chi connectivity index (χ2n) is 5.28. The summed E-state index contributed by atoms with van der Waals surface area (Å²) in [7, 11) is 0. The fraction of sp³-hybridized carbons (Fsp3) is 0. The van der Waals surface area contributed by atoms with E-state index in [1.807, 2.05) is 6.07 Å². The van der Waals surface area contributed by atoms with Crippen LogP contribution in [0.3, 0.4) is 0 Å². The highest BCUT2D eigenvalue weighted by Gasteiger charge is 2.15. The van der Waals surface area contributed by atoms with Gasteiger partial charge in [-0.3, -0.25) is 4.79 Å². The minimum absolute atomic E-state index is 0.0832. The van der Waals surface area contributed by atoms with E-state index in [1.54, 1.807) is 30.3 Å². The molecule has 6 nitrogen and oxygen atoms in total. The number of hydrogen-bond acceptors (Lipinski definition) is 5. The van der Waals surface area contributed by atoms with Crippen LogP contribution in [0.15, 0.2) is 82.9 Å². The van der Waals surface area contributed by atoms with Gasteiger partial charge in [0.1, 0.15) is 11.5 Å². The first kappa shape index (κ1) is 17.1. The van der Waals surface area contributed by atoms with Crippen LogP contribution in [0.25, 0.3) is 5.69 Å². The smallest absolute Gasteiger partial charge is 0.251 e. The molecule has 0 aliphatic carbocycles. The Kier molecular flexibility index (Phi) is 4.89. The quantitative estimate of drug-likeness (QED) is 0.708. The van der Waals surface area contributed by atoms with Gasteiger partial charge in [0.25, 0.3) is 5.43 Å². The summed E-state index contributed by atoms with van der Waals surface area (Å²) >= 11 is 0. The monoisotopic (exact) mass is 350 g/mol. The lowest BCUT2D eigenvalue weighted by Crippen LogP contribution is -2.21. The normalized spacial score (nSPS) is 11.8. The zero-order chi connectivity index (χ0) is 18.5. The molecule has 0 unspecified atom stereocenters. The molecule has 1 aromatic heterocycles. The largest absolute Gasteiger partial charge is 0.503 e. The van der Waals surface area contributed by atoms with Crippen molar-refractivity contribution in [2.24, 2.45) is 10.7 Å². The first-order valence-corrected chi connectivity index (χ1v) is 7.70. The molecule has 0 fully saturated rings. The summed E-state index contributed by atoms with van der Waals surface area (Å²) in [4.78, 5) is 16.7. The van der Waals surface area contributed by atoms with Gasteiger partial charge in [0.2, 0.25) is 0 Å². The lowest BCUT2D eigenvalue weighted by Gasteiger charge is -2.09. The molecule has 0 aliphatic heterocycles. The van der Waals surface area contributed by atoms with Crippen molar-refractivity contribution in [2.45, 2.75) is 0 Å². The van der Waals surface area contributed by atoms with Crippen molar-refractivity contribution in [1.29, 1.82) is 0 Å². The Balaban J connectivity index is 2.21. The molecular formula is C19H15FN4O2. The Morgan fingerprint density at radius 3 is 2.54 bits per heavy atom. The van der Waals surface area contributed by atoms with Gasteiger partial charge in [0.05, 0.1) is 17.6 Å². The number of benzene rings is 2. The Morgan fingerprint density at radius 1 is 1.15 bits per heavy atom. The molecule has 0 bridgehead atoms. The van der Waals surface area contributed by atoms with Crippen LogP contribution in [0.5, 0.6) is 5.75 Å². The average molecular weight is 350 g/mol. The van der Waals surface area contributed by atoms with Crippen LogP contribution >= 0.6 is 0 Å². The van der Waals surface area contributed by atoms with Crippen LogP contribution in [-0.4, -0.2) is 20.6 Å². The van der Waals surface area contributed by atoms with E-state index in [2.05, 4.69) is 10.1 Å². The molecule has 1 heterocycles. The number of aromatic nitrogens is 2. The van der Waals surface area contributed by atoms with Gasteiger partial charge in [0.15, 0.2) is 11.4 Å². The molecule has 26 heavy (non-hydrogen) atoms. The van der Waals surface area contributed by atoms with E-state index in [1.165, 1.54) is 30.5 Å². The molecule has 0 atom stereocenters. The molecule has 0 aliphatic rings. The van der Waals surface area contributed by atoms with Crippen molar-refractivity contribution in [1.82, 2.24) is 9.78 Å². The van der Waals surface area contributed by atoms with Gasteiger partial charge in [-0.15, -0.1) is 0 Å². The number of para-hydroxylation sites is 2. The number of hydrogen-bond donors (Lipinski definition) is 2. The molecule has 3 N–H and O–H groups in total. The second-order valence-corrected chi connectivity index (χ2v) is 5.28. The Hall–Kier alpha value is -3.74. The molecule has 0 saturated carbocycles. The van der Waals surface area contributed by atoms with Crippen LogP contribution in [-0.2, 0) is 0 Å². The van der Waals surface area contributed by atoms with E-state index >= 15 is 0 Å². The highest BCUT2D eigenvalue weighted by Crippen LogP contribution is 2.16. The summed E-state index contributed by atoms with van der Waals surface area (Å²) in [5.74, 6) is -1.13. The molecule has 0 spiro atoms. The predicted octanol–water partition coefficient (Wildman–Crippen LogP) is 2.67. The van der Waals surface area contributed by atoms with Gasteiger partial charge in [-0.2, -0.15) is 5.10 Å². The van der Waals surface area contributed by atoms with Crippen molar-refractivity contribution in [3.63, 3.8) is 0 Å². The summed E-state index contributed by atoms with van der Waals surface area (Å²) in [5.41, 5.74) is 5.37. The van der Waals surface area contributed by atoms with Gasteiger partial charge in [-0.05, 0) is 36.5 Å². The number of allylic oxidation sites excluding steroid dienone is 1. The third-order valence-corrected chi connectivity index (χ3v) is 3.50. The summed E-state index contributed by atoms with van der Waals surface area (Å²) in [6.07, 6.45) is 3.65. The second kappa shape index (κ2) is 7.43. The van der Waals surface area contributed by atoms with Gasteiger partial charge in [-0.1, -0.05) is 30.3 Å². The molecular weight excluding hydrogens is 335 g/mol. The summed E-state index contributed by atoms with van der Waals surface area (Å²) in [6, 6.07) is 14.8. The third kappa shape index (κ3) is 3.51. The first-order chi connectivity index (χ1) is 12.6. The number of rotatable bonds is 4. The van der Waals surface area contributed by atoms with Gasteiger partial charge >= 0.3 is 0 Å². The SMILES string of the molecule is NC=CC(=Nc1ccccc1)c1nn(-c2ccccc2F)cc(O)c1=O. The molecule has 3 aromatic rings. The van der Waals surface area contributed by atoms with Crippen molar-refractivity contribution >= 4 is 11.4 Å². The van der Waals surface area contributed by atoms with Gasteiger partial charge in [0, 0.05) is 0 Å². The van der Waals surface area contributed by atoms with E-state index in [-0.39, 0.29) is 17.1 Å². The number of halogens is 1. The van der Waals surface area contributed by atoms with Crippen LogP contribution < -0.4 is 11.2 Å². The highest BCUT2D eigenvalue weighted by molar-refractivity contribution is 6.08. The maximum atomic E-state index is 14.1. The minimum Gasteiger partial charge on any atom is -0.503 e. The first-order valence-electron chi connectivity index (χ1n) is 7.70. The van der Waals surface area contributed by atoms with E-state index in [9.17, 15) is 14.3 Å². The van der Waals surface area contributed by atoms with Gasteiger partial charge in [-0.25, -0.2) is 14.1 Å². The predicted molar refractivity (Wildman–Crippen MR) is 97.4 cm³/mol. The highest BCUT2D eigenvalue weighted by atomic mass is 19.1. The molecule has 0 saturated heterocycles.